The third-order valence-corrected chi connectivity index (χ3v) is 6.69. The van der Waals surface area contributed by atoms with E-state index in [1.807, 2.05) is 24.3 Å². The fourth-order valence-corrected chi connectivity index (χ4v) is 5.04. The minimum absolute atomic E-state index is 0.0881. The van der Waals surface area contributed by atoms with Gasteiger partial charge in [-0.2, -0.15) is 0 Å². The molecule has 3 fully saturated rings. The average Bonchev–Trinajstić information content (AvgIpc) is 3.15. The van der Waals surface area contributed by atoms with Crippen LogP contribution in [-0.4, -0.2) is 46.9 Å². The number of amides is 2. The van der Waals surface area contributed by atoms with Crippen LogP contribution in [0.15, 0.2) is 30.5 Å². The molecule has 3 aliphatic rings. The lowest BCUT2D eigenvalue weighted by atomic mass is 9.79. The van der Waals surface area contributed by atoms with Crippen molar-refractivity contribution in [3.8, 4) is 10.4 Å². The van der Waals surface area contributed by atoms with Crippen molar-refractivity contribution >= 4 is 28.8 Å². The van der Waals surface area contributed by atoms with Gasteiger partial charge in [0.15, 0.2) is 5.01 Å². The van der Waals surface area contributed by atoms with Gasteiger partial charge in [-0.15, -0.1) is 11.3 Å². The number of rotatable bonds is 4. The molecule has 4 heterocycles. The first-order valence-electron chi connectivity index (χ1n) is 9.40. The minimum Gasteiger partial charge on any atom is -0.345 e. The highest BCUT2D eigenvalue weighted by atomic mass is 32.1. The Hall–Kier alpha value is -2.25. The first-order valence-corrected chi connectivity index (χ1v) is 10.2. The van der Waals surface area contributed by atoms with E-state index in [0.29, 0.717) is 17.0 Å². The maximum absolute atomic E-state index is 12.8. The van der Waals surface area contributed by atoms with Crippen LogP contribution in [0, 0.1) is 5.92 Å². The van der Waals surface area contributed by atoms with Crippen molar-refractivity contribution in [1.29, 1.82) is 0 Å². The number of fused-ring (bicyclic) bond motifs is 3. The van der Waals surface area contributed by atoms with E-state index >= 15 is 0 Å². The number of aromatic nitrogens is 1. The number of carbonyl (C=O) groups is 2. The standard InChI is InChI=1S/C20H24N4O2S/c1-12-18(14-6-8-24(12)9-7-14)23-19(26)20-21-11-17(27-20)15-4-3-5-16(10-15)22-13(2)25/h3-5,10-12,14,18H,6-9H2,1-2H3,(H,22,25)(H,23,26)/t12-,18-/m0/s1. The van der Waals surface area contributed by atoms with Gasteiger partial charge in [0.25, 0.3) is 5.91 Å². The van der Waals surface area contributed by atoms with Crippen molar-refractivity contribution in [2.75, 3.05) is 18.4 Å². The van der Waals surface area contributed by atoms with Gasteiger partial charge in [0.1, 0.15) is 0 Å². The van der Waals surface area contributed by atoms with Crippen molar-refractivity contribution in [1.82, 2.24) is 15.2 Å². The Balaban J connectivity index is 1.48. The second-order valence-electron chi connectivity index (χ2n) is 7.40. The number of piperidine rings is 3. The Morgan fingerprint density at radius 1 is 1.26 bits per heavy atom. The maximum Gasteiger partial charge on any atom is 0.280 e. The lowest BCUT2D eigenvalue weighted by Gasteiger charge is -2.49. The largest absolute Gasteiger partial charge is 0.345 e. The molecule has 3 saturated heterocycles. The van der Waals surface area contributed by atoms with E-state index < -0.39 is 0 Å². The van der Waals surface area contributed by atoms with Crippen LogP contribution in [0.3, 0.4) is 0 Å². The highest BCUT2D eigenvalue weighted by Crippen LogP contribution is 2.33. The molecular weight excluding hydrogens is 360 g/mol. The zero-order chi connectivity index (χ0) is 19.0. The quantitative estimate of drug-likeness (QED) is 0.850. The van der Waals surface area contributed by atoms with Crippen LogP contribution >= 0.6 is 11.3 Å². The van der Waals surface area contributed by atoms with Gasteiger partial charge in [0.05, 0.1) is 4.88 Å². The number of nitrogens with one attached hydrogen (secondary N) is 2. The molecule has 0 spiro atoms. The van der Waals surface area contributed by atoms with E-state index in [-0.39, 0.29) is 17.9 Å². The maximum atomic E-state index is 12.8. The molecule has 0 aliphatic carbocycles. The summed E-state index contributed by atoms with van der Waals surface area (Å²) in [6, 6.07) is 8.16. The zero-order valence-corrected chi connectivity index (χ0v) is 16.4. The summed E-state index contributed by atoms with van der Waals surface area (Å²) >= 11 is 1.38. The van der Waals surface area contributed by atoms with Crippen molar-refractivity contribution < 1.29 is 9.59 Å². The lowest BCUT2D eigenvalue weighted by Crippen LogP contribution is -2.62. The Labute approximate surface area is 163 Å². The molecule has 2 aromatic rings. The Morgan fingerprint density at radius 3 is 2.74 bits per heavy atom. The van der Waals surface area contributed by atoms with E-state index in [1.54, 1.807) is 6.20 Å². The van der Waals surface area contributed by atoms with Gasteiger partial charge in [-0.25, -0.2) is 4.98 Å². The predicted molar refractivity (Wildman–Crippen MR) is 107 cm³/mol. The van der Waals surface area contributed by atoms with Gasteiger partial charge in [-0.1, -0.05) is 12.1 Å². The van der Waals surface area contributed by atoms with Crippen molar-refractivity contribution in [2.45, 2.75) is 38.8 Å². The Kier molecular flexibility index (Phi) is 4.97. The second-order valence-corrected chi connectivity index (χ2v) is 8.44. The summed E-state index contributed by atoms with van der Waals surface area (Å²) in [4.78, 5) is 31.7. The Morgan fingerprint density at radius 2 is 2.04 bits per heavy atom. The highest BCUT2D eigenvalue weighted by Gasteiger charge is 2.40. The molecule has 0 saturated carbocycles. The molecule has 2 N–H and O–H groups in total. The number of nitrogens with zero attached hydrogens (tertiary/aromatic N) is 2. The number of hydrogen-bond acceptors (Lipinski definition) is 5. The summed E-state index contributed by atoms with van der Waals surface area (Å²) in [5.41, 5.74) is 1.68. The zero-order valence-electron chi connectivity index (χ0n) is 15.6. The fraction of sp³-hybridized carbons (Fsp3) is 0.450. The topological polar surface area (TPSA) is 74.3 Å². The summed E-state index contributed by atoms with van der Waals surface area (Å²) in [6.07, 6.45) is 4.05. The van der Waals surface area contributed by atoms with Crippen LogP contribution in [0.25, 0.3) is 10.4 Å². The molecule has 7 heteroatoms. The summed E-state index contributed by atoms with van der Waals surface area (Å²) in [5, 5.41) is 6.49. The lowest BCUT2D eigenvalue weighted by molar-refractivity contribution is -0.114. The van der Waals surface area contributed by atoms with Crippen LogP contribution < -0.4 is 10.6 Å². The fourth-order valence-electron chi connectivity index (χ4n) is 4.22. The molecule has 5 rings (SSSR count). The van der Waals surface area contributed by atoms with E-state index in [1.165, 1.54) is 18.3 Å². The summed E-state index contributed by atoms with van der Waals surface area (Å²) < 4.78 is 0. The molecule has 2 bridgehead atoms. The summed E-state index contributed by atoms with van der Waals surface area (Å²) in [5.74, 6) is 0.376. The third-order valence-electron chi connectivity index (χ3n) is 5.64. The van der Waals surface area contributed by atoms with Crippen LogP contribution in [-0.2, 0) is 4.79 Å². The minimum atomic E-state index is -0.108. The highest BCUT2D eigenvalue weighted by molar-refractivity contribution is 7.17. The number of thiazole rings is 1. The average molecular weight is 385 g/mol. The molecule has 0 radical (unpaired) electrons. The molecule has 0 unspecified atom stereocenters. The molecule has 2 atom stereocenters. The predicted octanol–water partition coefficient (Wildman–Crippen LogP) is 2.98. The molecule has 1 aromatic heterocycles. The smallest absolute Gasteiger partial charge is 0.280 e. The third kappa shape index (κ3) is 3.75. The number of anilines is 1. The van der Waals surface area contributed by atoms with Crippen molar-refractivity contribution in [2.24, 2.45) is 5.92 Å². The van der Waals surface area contributed by atoms with Gasteiger partial charge in [0, 0.05) is 30.9 Å². The van der Waals surface area contributed by atoms with Gasteiger partial charge in [0.2, 0.25) is 5.91 Å². The number of benzene rings is 1. The molecule has 142 valence electrons. The van der Waals surface area contributed by atoms with E-state index in [0.717, 1.165) is 42.1 Å². The van der Waals surface area contributed by atoms with Crippen LogP contribution in [0.2, 0.25) is 0 Å². The van der Waals surface area contributed by atoms with E-state index in [2.05, 4.69) is 27.4 Å². The van der Waals surface area contributed by atoms with E-state index in [9.17, 15) is 9.59 Å². The monoisotopic (exact) mass is 384 g/mol. The first kappa shape index (κ1) is 18.1. The molecule has 3 aliphatic heterocycles. The molecule has 2 amide bonds. The van der Waals surface area contributed by atoms with Crippen LogP contribution in [0.1, 0.15) is 36.5 Å². The summed E-state index contributed by atoms with van der Waals surface area (Å²) in [6.45, 7) is 5.98. The second kappa shape index (κ2) is 7.40. The number of carbonyl (C=O) groups excluding carboxylic acids is 2. The molecular formula is C20H24N4O2S. The van der Waals surface area contributed by atoms with Gasteiger partial charge < -0.3 is 10.6 Å². The van der Waals surface area contributed by atoms with E-state index in [4.69, 9.17) is 0 Å². The van der Waals surface area contributed by atoms with Gasteiger partial charge in [-0.3, -0.25) is 14.5 Å². The van der Waals surface area contributed by atoms with Gasteiger partial charge >= 0.3 is 0 Å². The molecule has 1 aromatic carbocycles. The van der Waals surface area contributed by atoms with Crippen molar-refractivity contribution in [3.05, 3.63) is 35.5 Å². The van der Waals surface area contributed by atoms with Gasteiger partial charge in [-0.05, 0) is 56.5 Å². The SMILES string of the molecule is CC(=O)Nc1cccc(-c2cnc(C(=O)N[C@@H]3C4CCN(CC4)[C@H]3C)s2)c1. The number of hydrogen-bond donors (Lipinski definition) is 2. The van der Waals surface area contributed by atoms with Crippen LogP contribution in [0.5, 0.6) is 0 Å². The molecule has 6 nitrogen and oxygen atoms in total. The Bertz CT molecular complexity index is 855. The normalized spacial score (nSPS) is 26.6. The van der Waals surface area contributed by atoms with Crippen LogP contribution in [0.4, 0.5) is 5.69 Å². The first-order chi connectivity index (χ1) is 13.0. The molecule has 27 heavy (non-hydrogen) atoms. The summed E-state index contributed by atoms with van der Waals surface area (Å²) in [7, 11) is 0. The van der Waals surface area contributed by atoms with Crippen molar-refractivity contribution in [3.63, 3.8) is 0 Å².